The number of ether oxygens (including phenoxy) is 1. The van der Waals surface area contributed by atoms with Crippen LogP contribution < -0.4 is 10.6 Å². The molecule has 2 amide bonds. The van der Waals surface area contributed by atoms with E-state index < -0.39 is 0 Å². The fraction of sp³-hybridized carbons (Fsp3) is 0.850. The summed E-state index contributed by atoms with van der Waals surface area (Å²) in [6.45, 7) is 7.22. The van der Waals surface area contributed by atoms with E-state index in [1.807, 2.05) is 6.92 Å². The van der Waals surface area contributed by atoms with Crippen LogP contribution in [0, 0.1) is 5.92 Å². The van der Waals surface area contributed by atoms with Gasteiger partial charge in [-0.25, -0.2) is 0 Å². The summed E-state index contributed by atoms with van der Waals surface area (Å²) in [5, 5.41) is 6.46. The number of piperidine rings is 1. The summed E-state index contributed by atoms with van der Waals surface area (Å²) in [6, 6.07) is 0. The summed E-state index contributed by atoms with van der Waals surface area (Å²) in [5.41, 5.74) is 0. The Bertz CT molecular complexity index is 494. The molecule has 0 spiro atoms. The molecule has 0 aromatic heterocycles. The molecule has 2 fully saturated rings. The molecular weight excluding hydrogens is 471 g/mol. The minimum Gasteiger partial charge on any atom is -0.378 e. The number of imide groups is 1. The van der Waals surface area contributed by atoms with Crippen LogP contribution in [-0.2, 0) is 14.3 Å². The molecule has 28 heavy (non-hydrogen) atoms. The van der Waals surface area contributed by atoms with Crippen LogP contribution in [-0.4, -0.2) is 61.6 Å². The Kier molecular flexibility index (Phi) is 12.7. The highest BCUT2D eigenvalue weighted by atomic mass is 127. The third-order valence-corrected chi connectivity index (χ3v) is 5.35. The summed E-state index contributed by atoms with van der Waals surface area (Å²) in [4.78, 5) is 29.7. The zero-order valence-electron chi connectivity index (χ0n) is 17.4. The van der Waals surface area contributed by atoms with Gasteiger partial charge in [0.15, 0.2) is 5.96 Å². The second kappa shape index (κ2) is 14.1. The van der Waals surface area contributed by atoms with E-state index in [9.17, 15) is 9.59 Å². The Morgan fingerprint density at radius 3 is 2.43 bits per heavy atom. The summed E-state index contributed by atoms with van der Waals surface area (Å²) in [6.07, 6.45) is 8.01. The topological polar surface area (TPSA) is 83.0 Å². The molecule has 1 atom stereocenters. The van der Waals surface area contributed by atoms with Crippen LogP contribution in [0.2, 0.25) is 0 Å². The average molecular weight is 508 g/mol. The molecule has 0 aromatic carbocycles. The van der Waals surface area contributed by atoms with Crippen molar-refractivity contribution in [1.82, 2.24) is 15.5 Å². The zero-order valence-corrected chi connectivity index (χ0v) is 19.7. The van der Waals surface area contributed by atoms with Gasteiger partial charge in [-0.05, 0) is 45.4 Å². The van der Waals surface area contributed by atoms with Gasteiger partial charge in [0.25, 0.3) is 0 Å². The summed E-state index contributed by atoms with van der Waals surface area (Å²) in [5.74, 6) is 1.28. The standard InChI is InChI=1S/C20H36N4O3.HI/c1-3-21-20(23-14-15-24-18(25)10-7-11-19(24)26)22-13-12-17(27-4-2)16-8-5-6-9-16;/h16-17H,3-15H2,1-2H3,(H2,21,22,23);1H. The third-order valence-electron chi connectivity index (χ3n) is 5.35. The van der Waals surface area contributed by atoms with E-state index in [4.69, 9.17) is 4.74 Å². The Labute approximate surface area is 186 Å². The minimum atomic E-state index is -0.0638. The fourth-order valence-corrected chi connectivity index (χ4v) is 3.98. The number of guanidine groups is 1. The van der Waals surface area contributed by atoms with Gasteiger partial charge in [0.1, 0.15) is 0 Å². The van der Waals surface area contributed by atoms with Crippen LogP contribution in [0.5, 0.6) is 0 Å². The van der Waals surface area contributed by atoms with Gasteiger partial charge in [0.05, 0.1) is 6.10 Å². The molecule has 0 aromatic rings. The molecule has 1 saturated carbocycles. The van der Waals surface area contributed by atoms with Gasteiger partial charge >= 0.3 is 0 Å². The quantitative estimate of drug-likeness (QED) is 0.205. The maximum atomic E-state index is 11.9. The van der Waals surface area contributed by atoms with Gasteiger partial charge < -0.3 is 15.4 Å². The van der Waals surface area contributed by atoms with Crippen LogP contribution in [0.25, 0.3) is 0 Å². The van der Waals surface area contributed by atoms with Crippen molar-refractivity contribution >= 4 is 41.8 Å². The third kappa shape index (κ3) is 8.23. The molecule has 8 heteroatoms. The molecule has 1 aliphatic carbocycles. The number of carbonyl (C=O) groups excluding carboxylic acids is 2. The van der Waals surface area contributed by atoms with Crippen LogP contribution in [0.1, 0.15) is 65.2 Å². The number of carbonyl (C=O) groups is 2. The van der Waals surface area contributed by atoms with Crippen molar-refractivity contribution in [1.29, 1.82) is 0 Å². The fourth-order valence-electron chi connectivity index (χ4n) is 3.98. The van der Waals surface area contributed by atoms with Crippen molar-refractivity contribution in [2.24, 2.45) is 10.9 Å². The van der Waals surface area contributed by atoms with Crippen molar-refractivity contribution in [2.45, 2.75) is 71.3 Å². The maximum absolute atomic E-state index is 11.9. The molecule has 0 radical (unpaired) electrons. The normalized spacial score (nSPS) is 19.5. The lowest BCUT2D eigenvalue weighted by molar-refractivity contribution is -0.147. The monoisotopic (exact) mass is 508 g/mol. The second-order valence-electron chi connectivity index (χ2n) is 7.31. The molecule has 2 aliphatic rings. The molecular formula is C20H37IN4O3. The highest BCUT2D eigenvalue weighted by Gasteiger charge is 2.26. The number of nitrogens with zero attached hydrogens (tertiary/aromatic N) is 2. The highest BCUT2D eigenvalue weighted by Crippen LogP contribution is 2.30. The summed E-state index contributed by atoms with van der Waals surface area (Å²) < 4.78 is 5.96. The second-order valence-corrected chi connectivity index (χ2v) is 7.31. The van der Waals surface area contributed by atoms with E-state index in [1.54, 1.807) is 0 Å². The van der Waals surface area contributed by atoms with Gasteiger partial charge in [0, 0.05) is 45.6 Å². The summed E-state index contributed by atoms with van der Waals surface area (Å²) >= 11 is 0. The van der Waals surface area contributed by atoms with Gasteiger partial charge in [-0.2, -0.15) is 0 Å². The number of likely N-dealkylation sites (tertiary alicyclic amines) is 1. The molecule has 7 nitrogen and oxygen atoms in total. The number of amides is 2. The SMILES string of the molecule is CCNC(=NCCC(OCC)C1CCCC1)NCCN1C(=O)CCCC1=O.I. The Morgan fingerprint density at radius 1 is 1.14 bits per heavy atom. The zero-order chi connectivity index (χ0) is 19.5. The first-order valence-electron chi connectivity index (χ1n) is 10.6. The molecule has 1 unspecified atom stereocenters. The first kappa shape index (κ1) is 25.1. The molecule has 162 valence electrons. The average Bonchev–Trinajstić information content (AvgIpc) is 3.18. The van der Waals surface area contributed by atoms with Gasteiger partial charge in [-0.15, -0.1) is 24.0 Å². The molecule has 0 bridgehead atoms. The largest absolute Gasteiger partial charge is 0.378 e. The molecule has 1 heterocycles. The van der Waals surface area contributed by atoms with Crippen LogP contribution in [0.4, 0.5) is 0 Å². The van der Waals surface area contributed by atoms with Gasteiger partial charge in [0.2, 0.25) is 11.8 Å². The van der Waals surface area contributed by atoms with E-state index in [-0.39, 0.29) is 35.8 Å². The Morgan fingerprint density at radius 2 is 1.82 bits per heavy atom. The van der Waals surface area contributed by atoms with E-state index in [1.165, 1.54) is 30.6 Å². The van der Waals surface area contributed by atoms with E-state index in [2.05, 4.69) is 22.5 Å². The van der Waals surface area contributed by atoms with Crippen molar-refractivity contribution < 1.29 is 14.3 Å². The first-order chi connectivity index (χ1) is 13.2. The van der Waals surface area contributed by atoms with E-state index >= 15 is 0 Å². The smallest absolute Gasteiger partial charge is 0.229 e. The predicted octanol–water partition coefficient (Wildman–Crippen LogP) is 2.68. The van der Waals surface area contributed by atoms with Crippen molar-refractivity contribution in [3.63, 3.8) is 0 Å². The first-order valence-corrected chi connectivity index (χ1v) is 10.6. The number of halogens is 1. The van der Waals surface area contributed by atoms with Gasteiger partial charge in [-0.1, -0.05) is 12.8 Å². The Balaban J connectivity index is 0.00000392. The van der Waals surface area contributed by atoms with Crippen molar-refractivity contribution in [3.8, 4) is 0 Å². The van der Waals surface area contributed by atoms with E-state index in [0.717, 1.165) is 25.5 Å². The highest BCUT2D eigenvalue weighted by molar-refractivity contribution is 14.0. The van der Waals surface area contributed by atoms with Crippen LogP contribution in [0.15, 0.2) is 4.99 Å². The minimum absolute atomic E-state index is 0. The van der Waals surface area contributed by atoms with Crippen LogP contribution >= 0.6 is 24.0 Å². The van der Waals surface area contributed by atoms with Gasteiger partial charge in [-0.3, -0.25) is 19.5 Å². The number of rotatable bonds is 10. The lowest BCUT2D eigenvalue weighted by Crippen LogP contribution is -2.46. The van der Waals surface area contributed by atoms with E-state index in [0.29, 0.717) is 50.9 Å². The maximum Gasteiger partial charge on any atom is 0.229 e. The predicted molar refractivity (Wildman–Crippen MR) is 122 cm³/mol. The molecule has 1 aliphatic heterocycles. The molecule has 1 saturated heterocycles. The number of nitrogens with one attached hydrogen (secondary N) is 2. The number of aliphatic imine (C=N–C) groups is 1. The molecule has 2 rings (SSSR count). The number of hydrogen-bond donors (Lipinski definition) is 2. The lowest BCUT2D eigenvalue weighted by atomic mass is 9.98. The Hall–Kier alpha value is -0.900. The lowest BCUT2D eigenvalue weighted by Gasteiger charge is -2.25. The molecule has 2 N–H and O–H groups in total. The van der Waals surface area contributed by atoms with Crippen molar-refractivity contribution in [3.05, 3.63) is 0 Å². The summed E-state index contributed by atoms with van der Waals surface area (Å²) in [7, 11) is 0. The van der Waals surface area contributed by atoms with Crippen LogP contribution in [0.3, 0.4) is 0 Å². The van der Waals surface area contributed by atoms with Crippen molar-refractivity contribution in [2.75, 3.05) is 32.8 Å². The number of hydrogen-bond acceptors (Lipinski definition) is 4.